The summed E-state index contributed by atoms with van der Waals surface area (Å²) in [6.45, 7) is 8.49. The lowest BCUT2D eigenvalue weighted by molar-refractivity contribution is -0.175. The molecule has 2 rings (SSSR count). The van der Waals surface area contributed by atoms with Crippen LogP contribution in [-0.4, -0.2) is 93.0 Å². The Labute approximate surface area is 198 Å². The number of piperidine rings is 2. The highest BCUT2D eigenvalue weighted by atomic mass is 35.5. The molecule has 0 saturated carbocycles. The quantitative estimate of drug-likeness (QED) is 0.615. The van der Waals surface area contributed by atoms with Crippen molar-refractivity contribution in [1.82, 2.24) is 20.3 Å². The minimum Gasteiger partial charge on any atom is -0.444 e. The van der Waals surface area contributed by atoms with Gasteiger partial charge in [0.05, 0.1) is 14.2 Å². The molecule has 188 valence electrons. The number of nitrogens with one attached hydrogen (secondary N) is 1. The standard InChI is InChI=1S/C13H24N2O4.C8H16N2O2.ClH/c1-13(2,3)19-12(17)15-8-6-10(7-9-15)11(16)14(4)18-5;1-10(12-2)8(11)7-3-5-9-6-4-7;/h10H,6-9H2,1-5H3;7,9H,3-6H2,1-2H3;1H. The third kappa shape index (κ3) is 10.3. The molecular weight excluding hydrogens is 440 g/mol. The maximum Gasteiger partial charge on any atom is 0.410 e. The van der Waals surface area contributed by atoms with Crippen LogP contribution >= 0.6 is 12.4 Å². The van der Waals surface area contributed by atoms with Crippen LogP contribution in [0.3, 0.4) is 0 Å². The lowest BCUT2D eigenvalue weighted by Gasteiger charge is -2.33. The summed E-state index contributed by atoms with van der Waals surface area (Å²) in [4.78, 5) is 46.6. The first-order chi connectivity index (χ1) is 14.5. The number of carbonyl (C=O) groups excluding carboxylic acids is 3. The molecule has 0 unspecified atom stereocenters. The molecule has 2 aliphatic heterocycles. The van der Waals surface area contributed by atoms with Gasteiger partial charge in [0.1, 0.15) is 5.60 Å². The fourth-order valence-corrected chi connectivity index (χ4v) is 3.40. The van der Waals surface area contributed by atoms with Crippen molar-refractivity contribution in [3.8, 4) is 0 Å². The molecule has 2 heterocycles. The highest BCUT2D eigenvalue weighted by Gasteiger charge is 2.31. The van der Waals surface area contributed by atoms with Crippen LogP contribution in [0.5, 0.6) is 0 Å². The Hall–Kier alpha value is -1.62. The Morgan fingerprint density at radius 2 is 1.25 bits per heavy atom. The average molecular weight is 481 g/mol. The third-order valence-corrected chi connectivity index (χ3v) is 5.35. The molecule has 2 aliphatic rings. The van der Waals surface area contributed by atoms with Gasteiger partial charge in [0, 0.05) is 39.0 Å². The van der Waals surface area contributed by atoms with Gasteiger partial charge >= 0.3 is 6.09 Å². The zero-order valence-corrected chi connectivity index (χ0v) is 21.3. The van der Waals surface area contributed by atoms with Crippen molar-refractivity contribution in [2.75, 3.05) is 54.5 Å². The minimum absolute atomic E-state index is 0. The number of likely N-dealkylation sites (tertiary alicyclic amines) is 1. The van der Waals surface area contributed by atoms with E-state index < -0.39 is 5.60 Å². The zero-order chi connectivity index (χ0) is 23.6. The smallest absolute Gasteiger partial charge is 0.410 e. The fraction of sp³-hybridized carbons (Fsp3) is 0.857. The highest BCUT2D eigenvalue weighted by molar-refractivity contribution is 5.85. The Morgan fingerprint density at radius 1 is 0.844 bits per heavy atom. The second kappa shape index (κ2) is 14.5. The topological polar surface area (TPSA) is 101 Å². The molecule has 2 fully saturated rings. The first kappa shape index (κ1) is 30.4. The largest absolute Gasteiger partial charge is 0.444 e. The van der Waals surface area contributed by atoms with Crippen LogP contribution in [0.4, 0.5) is 4.79 Å². The summed E-state index contributed by atoms with van der Waals surface area (Å²) in [6, 6.07) is 0. The van der Waals surface area contributed by atoms with Gasteiger partial charge in [0.2, 0.25) is 11.8 Å². The summed E-state index contributed by atoms with van der Waals surface area (Å²) in [5, 5.41) is 5.77. The molecule has 0 aliphatic carbocycles. The molecule has 32 heavy (non-hydrogen) atoms. The van der Waals surface area contributed by atoms with E-state index in [-0.39, 0.29) is 42.2 Å². The first-order valence-electron chi connectivity index (χ1n) is 10.8. The van der Waals surface area contributed by atoms with E-state index in [1.165, 1.54) is 24.3 Å². The number of hydrogen-bond donors (Lipinski definition) is 1. The van der Waals surface area contributed by atoms with Gasteiger partial charge in [0.25, 0.3) is 0 Å². The molecule has 0 radical (unpaired) electrons. The van der Waals surface area contributed by atoms with Crippen LogP contribution in [-0.2, 0) is 24.0 Å². The van der Waals surface area contributed by atoms with Crippen molar-refractivity contribution in [1.29, 1.82) is 0 Å². The molecule has 0 aromatic carbocycles. The monoisotopic (exact) mass is 480 g/mol. The van der Waals surface area contributed by atoms with Crippen molar-refractivity contribution in [3.63, 3.8) is 0 Å². The summed E-state index contributed by atoms with van der Waals surface area (Å²) in [5.41, 5.74) is -0.486. The van der Waals surface area contributed by atoms with Gasteiger partial charge in [-0.15, -0.1) is 12.4 Å². The molecule has 0 bridgehead atoms. The number of amides is 3. The van der Waals surface area contributed by atoms with E-state index >= 15 is 0 Å². The lowest BCUT2D eigenvalue weighted by Crippen LogP contribution is -2.45. The molecule has 0 spiro atoms. The average Bonchev–Trinajstić information content (AvgIpc) is 2.77. The van der Waals surface area contributed by atoms with E-state index in [1.54, 1.807) is 19.0 Å². The molecule has 1 N–H and O–H groups in total. The number of hydroxylamine groups is 4. The molecule has 10 nitrogen and oxygen atoms in total. The number of rotatable bonds is 4. The minimum atomic E-state index is -0.486. The van der Waals surface area contributed by atoms with Gasteiger partial charge in [-0.1, -0.05) is 0 Å². The van der Waals surface area contributed by atoms with E-state index in [0.29, 0.717) is 25.9 Å². The van der Waals surface area contributed by atoms with Crippen LogP contribution in [0.2, 0.25) is 0 Å². The van der Waals surface area contributed by atoms with Crippen molar-refractivity contribution in [2.45, 2.75) is 52.1 Å². The maximum atomic E-state index is 11.9. The number of nitrogens with zero attached hydrogens (tertiary/aromatic N) is 3. The van der Waals surface area contributed by atoms with Crippen molar-refractivity contribution in [2.24, 2.45) is 11.8 Å². The van der Waals surface area contributed by atoms with Gasteiger partial charge in [-0.3, -0.25) is 19.3 Å². The normalized spacial score (nSPS) is 17.4. The summed E-state index contributed by atoms with van der Waals surface area (Å²) in [5.74, 6) is 0.130. The molecule has 11 heteroatoms. The van der Waals surface area contributed by atoms with E-state index in [4.69, 9.17) is 14.4 Å². The second-order valence-electron chi connectivity index (χ2n) is 8.80. The Kier molecular flexibility index (Phi) is 13.8. The van der Waals surface area contributed by atoms with E-state index in [2.05, 4.69) is 5.32 Å². The Balaban J connectivity index is 0.000000639. The van der Waals surface area contributed by atoms with Crippen molar-refractivity contribution < 1.29 is 28.8 Å². The third-order valence-electron chi connectivity index (χ3n) is 5.35. The molecule has 0 aromatic rings. The van der Waals surface area contributed by atoms with Gasteiger partial charge in [-0.05, 0) is 59.5 Å². The van der Waals surface area contributed by atoms with Gasteiger partial charge in [-0.2, -0.15) is 0 Å². The summed E-state index contributed by atoms with van der Waals surface area (Å²) in [7, 11) is 6.24. The molecule has 0 atom stereocenters. The van der Waals surface area contributed by atoms with Crippen LogP contribution in [0.25, 0.3) is 0 Å². The van der Waals surface area contributed by atoms with Crippen LogP contribution in [0, 0.1) is 11.8 Å². The summed E-state index contributed by atoms with van der Waals surface area (Å²) < 4.78 is 5.31. The summed E-state index contributed by atoms with van der Waals surface area (Å²) >= 11 is 0. The number of halogens is 1. The van der Waals surface area contributed by atoms with Gasteiger partial charge < -0.3 is 15.0 Å². The first-order valence-corrected chi connectivity index (χ1v) is 10.8. The maximum absolute atomic E-state index is 11.9. The predicted molar refractivity (Wildman–Crippen MR) is 123 cm³/mol. The van der Waals surface area contributed by atoms with Crippen molar-refractivity contribution in [3.05, 3.63) is 0 Å². The van der Waals surface area contributed by atoms with Crippen LogP contribution in [0.1, 0.15) is 46.5 Å². The van der Waals surface area contributed by atoms with E-state index in [9.17, 15) is 14.4 Å². The lowest BCUT2D eigenvalue weighted by atomic mass is 9.96. The molecule has 3 amide bonds. The zero-order valence-electron chi connectivity index (χ0n) is 20.5. The SMILES string of the molecule is CON(C)C(=O)C1CCN(C(=O)OC(C)(C)C)CC1.CON(C)C(=O)C1CCNCC1.Cl. The van der Waals surface area contributed by atoms with Crippen LogP contribution < -0.4 is 5.32 Å². The predicted octanol–water partition coefficient (Wildman–Crippen LogP) is 2.08. The highest BCUT2D eigenvalue weighted by Crippen LogP contribution is 2.21. The Morgan fingerprint density at radius 3 is 1.62 bits per heavy atom. The molecular formula is C21H41ClN4O6. The molecule has 2 saturated heterocycles. The van der Waals surface area contributed by atoms with Crippen molar-refractivity contribution >= 4 is 30.3 Å². The van der Waals surface area contributed by atoms with Gasteiger partial charge in [-0.25, -0.2) is 14.9 Å². The second-order valence-corrected chi connectivity index (χ2v) is 8.80. The van der Waals surface area contributed by atoms with E-state index in [1.807, 2.05) is 20.8 Å². The number of ether oxygens (including phenoxy) is 1. The van der Waals surface area contributed by atoms with Gasteiger partial charge in [0.15, 0.2) is 0 Å². The fourth-order valence-electron chi connectivity index (χ4n) is 3.40. The van der Waals surface area contributed by atoms with E-state index in [0.717, 1.165) is 25.9 Å². The Bertz CT molecular complexity index is 587. The number of hydrogen-bond acceptors (Lipinski definition) is 7. The van der Waals surface area contributed by atoms with Crippen LogP contribution in [0.15, 0.2) is 0 Å². The number of carbonyl (C=O) groups is 3. The molecule has 0 aromatic heterocycles. The summed E-state index contributed by atoms with van der Waals surface area (Å²) in [6.07, 6.45) is 2.83.